The van der Waals surface area contributed by atoms with Crippen LogP contribution in [0.15, 0.2) is 77.7 Å². The molecule has 31 heavy (non-hydrogen) atoms. The maximum atomic E-state index is 12.8. The minimum atomic E-state index is -3.36. The van der Waals surface area contributed by atoms with Gasteiger partial charge in [-0.15, -0.1) is 0 Å². The number of carbonyl (C=O) groups is 1. The average Bonchev–Trinajstić information content (AvgIpc) is 2.73. The molecule has 158 valence electrons. The van der Waals surface area contributed by atoms with Crippen LogP contribution < -0.4 is 10.6 Å². The van der Waals surface area contributed by atoms with Crippen LogP contribution in [0, 0.1) is 11.3 Å². The summed E-state index contributed by atoms with van der Waals surface area (Å²) in [7, 11) is -3.36. The summed E-state index contributed by atoms with van der Waals surface area (Å²) in [4.78, 5) is 13.1. The number of nitrogens with zero attached hydrogens (tertiary/aromatic N) is 1. The molecule has 0 aliphatic carbocycles. The van der Waals surface area contributed by atoms with Crippen molar-refractivity contribution in [3.8, 4) is 17.2 Å². The number of sulfone groups is 1. The van der Waals surface area contributed by atoms with Crippen molar-refractivity contribution in [3.63, 3.8) is 0 Å². The fourth-order valence-corrected chi connectivity index (χ4v) is 4.04. The second kappa shape index (κ2) is 8.62. The summed E-state index contributed by atoms with van der Waals surface area (Å²) in [5.74, 6) is -0.251. The van der Waals surface area contributed by atoms with E-state index in [0.29, 0.717) is 22.5 Å². The molecule has 6 nitrogen and oxygen atoms in total. The lowest BCUT2D eigenvalue weighted by Crippen LogP contribution is -2.44. The van der Waals surface area contributed by atoms with Gasteiger partial charge in [0.15, 0.2) is 9.84 Å². The van der Waals surface area contributed by atoms with E-state index >= 15 is 0 Å². The van der Waals surface area contributed by atoms with Crippen LogP contribution in [0.25, 0.3) is 11.1 Å². The zero-order valence-electron chi connectivity index (χ0n) is 17.5. The van der Waals surface area contributed by atoms with Gasteiger partial charge < -0.3 is 10.6 Å². The SMILES string of the molecule is CC(C)(Nc1cccc(C#N)c1)C(=O)Nc1ccc(-c2ccccc2S(C)(=O)=O)cc1. The van der Waals surface area contributed by atoms with E-state index in [-0.39, 0.29) is 10.8 Å². The molecule has 3 aromatic rings. The number of nitriles is 1. The molecule has 0 fully saturated rings. The van der Waals surface area contributed by atoms with Gasteiger partial charge in [-0.1, -0.05) is 36.4 Å². The smallest absolute Gasteiger partial charge is 0.249 e. The lowest BCUT2D eigenvalue weighted by molar-refractivity contribution is -0.119. The van der Waals surface area contributed by atoms with Gasteiger partial charge in [-0.25, -0.2) is 8.42 Å². The van der Waals surface area contributed by atoms with Crippen molar-refractivity contribution in [2.75, 3.05) is 16.9 Å². The first-order valence-corrected chi connectivity index (χ1v) is 11.5. The Morgan fingerprint density at radius 2 is 1.61 bits per heavy atom. The Morgan fingerprint density at radius 3 is 2.26 bits per heavy atom. The highest BCUT2D eigenvalue weighted by Gasteiger charge is 2.27. The van der Waals surface area contributed by atoms with Gasteiger partial charge in [0.05, 0.1) is 16.5 Å². The van der Waals surface area contributed by atoms with Gasteiger partial charge in [0.1, 0.15) is 5.54 Å². The molecule has 0 radical (unpaired) electrons. The molecular weight excluding hydrogens is 410 g/mol. The number of nitrogens with one attached hydrogen (secondary N) is 2. The number of rotatable bonds is 6. The van der Waals surface area contributed by atoms with Crippen LogP contribution in [0.4, 0.5) is 11.4 Å². The van der Waals surface area contributed by atoms with E-state index in [0.717, 1.165) is 5.56 Å². The number of carbonyl (C=O) groups excluding carboxylic acids is 1. The van der Waals surface area contributed by atoms with Gasteiger partial charge >= 0.3 is 0 Å². The van der Waals surface area contributed by atoms with Crippen LogP contribution in [-0.2, 0) is 14.6 Å². The standard InChI is InChI=1S/C24H23N3O3S/c1-24(2,27-20-8-6-7-17(15-20)16-25)23(28)26-19-13-11-18(12-14-19)21-9-4-5-10-22(21)31(3,29)30/h4-15,27H,1-3H3,(H,26,28). The molecule has 1 amide bonds. The molecule has 0 bridgehead atoms. The predicted molar refractivity (Wildman–Crippen MR) is 122 cm³/mol. The molecule has 0 spiro atoms. The van der Waals surface area contributed by atoms with Crippen LogP contribution >= 0.6 is 0 Å². The van der Waals surface area contributed by atoms with Crippen LogP contribution in [0.1, 0.15) is 19.4 Å². The van der Waals surface area contributed by atoms with Crippen LogP contribution in [0.3, 0.4) is 0 Å². The van der Waals surface area contributed by atoms with Crippen molar-refractivity contribution in [2.45, 2.75) is 24.3 Å². The molecule has 0 atom stereocenters. The van der Waals surface area contributed by atoms with E-state index in [4.69, 9.17) is 5.26 Å². The van der Waals surface area contributed by atoms with Gasteiger partial charge in [-0.05, 0) is 55.8 Å². The highest BCUT2D eigenvalue weighted by atomic mass is 32.2. The third-order valence-corrected chi connectivity index (χ3v) is 5.91. The van der Waals surface area contributed by atoms with E-state index in [1.807, 2.05) is 0 Å². The summed E-state index contributed by atoms with van der Waals surface area (Å²) >= 11 is 0. The van der Waals surface area contributed by atoms with Gasteiger partial charge in [0.25, 0.3) is 0 Å². The molecule has 3 aromatic carbocycles. The average molecular weight is 434 g/mol. The van der Waals surface area contributed by atoms with E-state index in [9.17, 15) is 13.2 Å². The fourth-order valence-electron chi connectivity index (χ4n) is 3.13. The number of anilines is 2. The fraction of sp³-hybridized carbons (Fsp3) is 0.167. The largest absolute Gasteiger partial charge is 0.372 e. The molecule has 0 aliphatic heterocycles. The normalized spacial score (nSPS) is 11.4. The van der Waals surface area contributed by atoms with Gasteiger partial charge in [0.2, 0.25) is 5.91 Å². The third kappa shape index (κ3) is 5.30. The molecule has 3 rings (SSSR count). The third-order valence-electron chi connectivity index (χ3n) is 4.76. The molecule has 2 N–H and O–H groups in total. The minimum Gasteiger partial charge on any atom is -0.372 e. The quantitative estimate of drug-likeness (QED) is 0.598. The van der Waals surface area contributed by atoms with Gasteiger partial charge in [0, 0.05) is 23.2 Å². The van der Waals surface area contributed by atoms with Crippen molar-refractivity contribution < 1.29 is 13.2 Å². The van der Waals surface area contributed by atoms with Gasteiger partial charge in [-0.2, -0.15) is 5.26 Å². The van der Waals surface area contributed by atoms with Crippen molar-refractivity contribution in [1.29, 1.82) is 5.26 Å². The van der Waals surface area contributed by atoms with E-state index in [1.54, 1.807) is 86.6 Å². The highest BCUT2D eigenvalue weighted by Crippen LogP contribution is 2.28. The first-order valence-electron chi connectivity index (χ1n) is 9.59. The predicted octanol–water partition coefficient (Wildman–Crippen LogP) is 4.46. The molecular formula is C24H23N3O3S. The second-order valence-electron chi connectivity index (χ2n) is 7.74. The van der Waals surface area contributed by atoms with Crippen molar-refractivity contribution in [1.82, 2.24) is 0 Å². The summed E-state index contributed by atoms with van der Waals surface area (Å²) in [6.07, 6.45) is 1.18. The van der Waals surface area contributed by atoms with Crippen molar-refractivity contribution in [2.24, 2.45) is 0 Å². The molecule has 0 saturated carbocycles. The lowest BCUT2D eigenvalue weighted by Gasteiger charge is -2.26. The number of benzene rings is 3. The first-order chi connectivity index (χ1) is 14.6. The lowest BCUT2D eigenvalue weighted by atomic mass is 10.0. The summed E-state index contributed by atoms with van der Waals surface area (Å²) in [6, 6.07) is 22.8. The van der Waals surface area contributed by atoms with Crippen molar-refractivity contribution in [3.05, 3.63) is 78.4 Å². The molecule has 0 aromatic heterocycles. The molecule has 0 saturated heterocycles. The zero-order valence-corrected chi connectivity index (χ0v) is 18.3. The molecule has 7 heteroatoms. The van der Waals surface area contributed by atoms with E-state index < -0.39 is 15.4 Å². The Morgan fingerprint density at radius 1 is 0.935 bits per heavy atom. The summed E-state index contributed by atoms with van der Waals surface area (Å²) in [5.41, 5.74) is 2.19. The molecule has 0 aliphatic rings. The Labute approximate surface area is 182 Å². The Kier molecular flexibility index (Phi) is 6.14. The maximum absolute atomic E-state index is 12.8. The Hall–Kier alpha value is -3.63. The number of amides is 1. The highest BCUT2D eigenvalue weighted by molar-refractivity contribution is 7.90. The maximum Gasteiger partial charge on any atom is 0.249 e. The van der Waals surface area contributed by atoms with E-state index in [2.05, 4.69) is 16.7 Å². The van der Waals surface area contributed by atoms with E-state index in [1.165, 1.54) is 6.26 Å². The molecule has 0 unspecified atom stereocenters. The Balaban J connectivity index is 1.77. The van der Waals surface area contributed by atoms with Crippen LogP contribution in [0.2, 0.25) is 0 Å². The Bertz CT molecular complexity index is 1260. The summed E-state index contributed by atoms with van der Waals surface area (Å²) in [5, 5.41) is 15.1. The van der Waals surface area contributed by atoms with Gasteiger partial charge in [-0.3, -0.25) is 4.79 Å². The minimum absolute atomic E-state index is 0.251. The monoisotopic (exact) mass is 433 g/mol. The first kappa shape index (κ1) is 22.1. The molecule has 0 heterocycles. The summed E-state index contributed by atoms with van der Waals surface area (Å²) in [6.45, 7) is 3.50. The topological polar surface area (TPSA) is 99.1 Å². The van der Waals surface area contributed by atoms with Crippen LogP contribution in [0.5, 0.6) is 0 Å². The number of hydrogen-bond donors (Lipinski definition) is 2. The summed E-state index contributed by atoms with van der Waals surface area (Å²) < 4.78 is 24.1. The zero-order chi connectivity index (χ0) is 22.6. The van der Waals surface area contributed by atoms with Crippen LogP contribution in [-0.4, -0.2) is 26.1 Å². The number of hydrogen-bond acceptors (Lipinski definition) is 5. The second-order valence-corrected chi connectivity index (χ2v) is 9.73. The van der Waals surface area contributed by atoms with Crippen molar-refractivity contribution >= 4 is 27.1 Å².